The van der Waals surface area contributed by atoms with Gasteiger partial charge in [-0.1, -0.05) is 60.7 Å². The van der Waals surface area contributed by atoms with E-state index in [-0.39, 0.29) is 30.6 Å². The Kier molecular flexibility index (Phi) is 6.13. The predicted octanol–water partition coefficient (Wildman–Crippen LogP) is 4.30. The lowest BCUT2D eigenvalue weighted by Gasteiger charge is -2.31. The van der Waals surface area contributed by atoms with Crippen LogP contribution in [0.5, 0.6) is 0 Å². The van der Waals surface area contributed by atoms with E-state index >= 15 is 0 Å². The Morgan fingerprint density at radius 3 is 2.17 bits per heavy atom. The monoisotopic (exact) mass is 392 g/mol. The quantitative estimate of drug-likeness (QED) is 0.797. The van der Waals surface area contributed by atoms with Crippen LogP contribution >= 0.6 is 0 Å². The van der Waals surface area contributed by atoms with E-state index in [0.29, 0.717) is 31.8 Å². The van der Waals surface area contributed by atoms with Crippen LogP contribution in [0.4, 0.5) is 4.79 Å². The van der Waals surface area contributed by atoms with Crippen LogP contribution in [-0.4, -0.2) is 30.0 Å². The highest BCUT2D eigenvalue weighted by Crippen LogP contribution is 2.41. The molecule has 0 spiro atoms. The summed E-state index contributed by atoms with van der Waals surface area (Å²) in [7, 11) is 0. The standard InChI is InChI=1S/C24H28N2O3/c27-23(25-22(20-11-12-20)19-9-5-2-6-10-19)21-13-15-26(16-14-21)24(28)29-17-18-7-3-1-4-8-18/h1-10,20-22H,11-17H2,(H,25,27)/t22-/m0/s1. The molecule has 1 saturated carbocycles. The van der Waals surface area contributed by atoms with E-state index in [1.54, 1.807) is 4.90 Å². The average Bonchev–Trinajstić information content (AvgIpc) is 3.62. The van der Waals surface area contributed by atoms with E-state index in [0.717, 1.165) is 5.56 Å². The molecule has 152 valence electrons. The molecule has 2 aromatic carbocycles. The Hall–Kier alpha value is -2.82. The van der Waals surface area contributed by atoms with E-state index in [2.05, 4.69) is 17.4 Å². The minimum atomic E-state index is -0.298. The number of likely N-dealkylation sites (tertiary alicyclic amines) is 1. The summed E-state index contributed by atoms with van der Waals surface area (Å²) >= 11 is 0. The molecule has 2 amide bonds. The number of hydrogen-bond donors (Lipinski definition) is 1. The highest BCUT2D eigenvalue weighted by atomic mass is 16.6. The van der Waals surface area contributed by atoms with Crippen LogP contribution in [0.2, 0.25) is 0 Å². The molecule has 0 unspecified atom stereocenters. The smallest absolute Gasteiger partial charge is 0.410 e. The summed E-state index contributed by atoms with van der Waals surface area (Å²) in [4.78, 5) is 26.9. The van der Waals surface area contributed by atoms with Gasteiger partial charge >= 0.3 is 6.09 Å². The van der Waals surface area contributed by atoms with Crippen molar-refractivity contribution in [3.63, 3.8) is 0 Å². The van der Waals surface area contributed by atoms with Crippen molar-refractivity contribution in [1.29, 1.82) is 0 Å². The van der Waals surface area contributed by atoms with Crippen molar-refractivity contribution in [2.75, 3.05) is 13.1 Å². The van der Waals surface area contributed by atoms with Gasteiger partial charge in [0.25, 0.3) is 0 Å². The van der Waals surface area contributed by atoms with E-state index < -0.39 is 0 Å². The topological polar surface area (TPSA) is 58.6 Å². The van der Waals surface area contributed by atoms with E-state index in [1.165, 1.54) is 18.4 Å². The summed E-state index contributed by atoms with van der Waals surface area (Å²) in [5.74, 6) is 0.621. The fourth-order valence-corrected chi connectivity index (χ4v) is 3.97. The number of rotatable bonds is 6. The summed E-state index contributed by atoms with van der Waals surface area (Å²) in [6.45, 7) is 1.40. The molecule has 0 radical (unpaired) electrons. The Balaban J connectivity index is 1.25. The molecule has 1 atom stereocenters. The third-order valence-corrected chi connectivity index (χ3v) is 5.88. The maximum absolute atomic E-state index is 12.9. The molecule has 1 aliphatic carbocycles. The van der Waals surface area contributed by atoms with Crippen LogP contribution in [0.1, 0.15) is 42.9 Å². The molecule has 2 fully saturated rings. The van der Waals surface area contributed by atoms with Gasteiger partial charge < -0.3 is 15.0 Å². The summed E-state index contributed by atoms with van der Waals surface area (Å²) in [6.07, 6.45) is 3.40. The van der Waals surface area contributed by atoms with Crippen molar-refractivity contribution in [2.45, 2.75) is 38.3 Å². The first-order valence-electron chi connectivity index (χ1n) is 10.5. The van der Waals surface area contributed by atoms with Crippen LogP contribution in [-0.2, 0) is 16.1 Å². The fourth-order valence-electron chi connectivity index (χ4n) is 3.97. The number of piperidine rings is 1. The van der Waals surface area contributed by atoms with Gasteiger partial charge in [-0.3, -0.25) is 4.79 Å². The van der Waals surface area contributed by atoms with Gasteiger partial charge in [0.15, 0.2) is 0 Å². The summed E-state index contributed by atoms with van der Waals surface area (Å²) in [5, 5.41) is 3.28. The Morgan fingerprint density at radius 1 is 0.931 bits per heavy atom. The Labute approximate surface area is 172 Å². The number of benzene rings is 2. The summed E-state index contributed by atoms with van der Waals surface area (Å²) in [6, 6.07) is 20.0. The van der Waals surface area contributed by atoms with Gasteiger partial charge in [0.05, 0.1) is 6.04 Å². The minimum absolute atomic E-state index is 0.0434. The number of carbonyl (C=O) groups is 2. The van der Waals surface area contributed by atoms with Crippen LogP contribution in [0, 0.1) is 11.8 Å². The molecule has 0 aromatic heterocycles. The van der Waals surface area contributed by atoms with Crippen LogP contribution in [0.3, 0.4) is 0 Å². The number of hydrogen-bond acceptors (Lipinski definition) is 3. The first kappa shape index (κ1) is 19.5. The molecule has 1 aliphatic heterocycles. The van der Waals surface area contributed by atoms with Crippen molar-refractivity contribution >= 4 is 12.0 Å². The molecule has 1 heterocycles. The molecule has 5 nitrogen and oxygen atoms in total. The van der Waals surface area contributed by atoms with Crippen LogP contribution in [0.25, 0.3) is 0 Å². The number of ether oxygens (including phenoxy) is 1. The van der Waals surface area contributed by atoms with Crippen molar-refractivity contribution in [2.24, 2.45) is 11.8 Å². The third-order valence-electron chi connectivity index (χ3n) is 5.88. The molecule has 1 saturated heterocycles. The van der Waals surface area contributed by atoms with Crippen LogP contribution in [0.15, 0.2) is 60.7 Å². The van der Waals surface area contributed by atoms with E-state index in [1.807, 2.05) is 48.5 Å². The molecule has 4 rings (SSSR count). The number of carbonyl (C=O) groups excluding carboxylic acids is 2. The molecule has 5 heteroatoms. The number of nitrogens with one attached hydrogen (secondary N) is 1. The van der Waals surface area contributed by atoms with Gasteiger partial charge in [-0.05, 0) is 42.7 Å². The summed E-state index contributed by atoms with van der Waals surface area (Å²) in [5.41, 5.74) is 2.16. The van der Waals surface area contributed by atoms with Crippen molar-refractivity contribution in [1.82, 2.24) is 10.2 Å². The van der Waals surface area contributed by atoms with Gasteiger partial charge in [-0.2, -0.15) is 0 Å². The van der Waals surface area contributed by atoms with Gasteiger partial charge in [-0.25, -0.2) is 4.79 Å². The average molecular weight is 392 g/mol. The van der Waals surface area contributed by atoms with Crippen molar-refractivity contribution in [3.05, 3.63) is 71.8 Å². The lowest BCUT2D eigenvalue weighted by Crippen LogP contribution is -2.44. The van der Waals surface area contributed by atoms with Gasteiger partial charge in [0, 0.05) is 19.0 Å². The van der Waals surface area contributed by atoms with Crippen molar-refractivity contribution < 1.29 is 14.3 Å². The molecule has 0 bridgehead atoms. The second-order valence-corrected chi connectivity index (χ2v) is 8.04. The minimum Gasteiger partial charge on any atom is -0.445 e. The maximum atomic E-state index is 12.9. The van der Waals surface area contributed by atoms with Gasteiger partial charge in [0.1, 0.15) is 6.61 Å². The fraction of sp³-hybridized carbons (Fsp3) is 0.417. The Morgan fingerprint density at radius 2 is 1.55 bits per heavy atom. The van der Waals surface area contributed by atoms with E-state index in [4.69, 9.17) is 4.74 Å². The molecular formula is C24H28N2O3. The number of nitrogens with zero attached hydrogens (tertiary/aromatic N) is 1. The van der Waals surface area contributed by atoms with Crippen LogP contribution < -0.4 is 5.32 Å². The molecular weight excluding hydrogens is 364 g/mol. The first-order chi connectivity index (χ1) is 14.2. The largest absolute Gasteiger partial charge is 0.445 e. The highest BCUT2D eigenvalue weighted by Gasteiger charge is 2.35. The molecule has 2 aliphatic rings. The number of amides is 2. The SMILES string of the molecule is O=C(N[C@@H](c1ccccc1)C1CC1)C1CCN(C(=O)OCc2ccccc2)CC1. The van der Waals surface area contributed by atoms with Gasteiger partial charge in [-0.15, -0.1) is 0 Å². The second kappa shape index (κ2) is 9.12. The first-order valence-corrected chi connectivity index (χ1v) is 10.5. The second-order valence-electron chi connectivity index (χ2n) is 8.04. The van der Waals surface area contributed by atoms with Crippen molar-refractivity contribution in [3.8, 4) is 0 Å². The third kappa shape index (κ3) is 5.17. The zero-order valence-electron chi connectivity index (χ0n) is 16.6. The lowest BCUT2D eigenvalue weighted by atomic mass is 9.94. The normalized spacial score (nSPS) is 18.1. The molecule has 2 aromatic rings. The van der Waals surface area contributed by atoms with E-state index in [9.17, 15) is 9.59 Å². The maximum Gasteiger partial charge on any atom is 0.410 e. The Bertz CT molecular complexity index is 813. The molecule has 1 N–H and O–H groups in total. The zero-order valence-corrected chi connectivity index (χ0v) is 16.6. The zero-order chi connectivity index (χ0) is 20.1. The predicted molar refractivity (Wildman–Crippen MR) is 111 cm³/mol. The van der Waals surface area contributed by atoms with Gasteiger partial charge in [0.2, 0.25) is 5.91 Å². The molecule has 29 heavy (non-hydrogen) atoms. The highest BCUT2D eigenvalue weighted by molar-refractivity contribution is 5.79. The summed E-state index contributed by atoms with van der Waals surface area (Å²) < 4.78 is 5.41. The lowest BCUT2D eigenvalue weighted by molar-refractivity contribution is -0.127.